The number of rotatable bonds is 5. The lowest BCUT2D eigenvalue weighted by Crippen LogP contribution is -2.45. The van der Waals surface area contributed by atoms with Crippen molar-refractivity contribution in [2.75, 3.05) is 6.54 Å². The molecule has 1 aromatic heterocycles. The van der Waals surface area contributed by atoms with Crippen molar-refractivity contribution in [2.45, 2.75) is 39.2 Å². The molecule has 2 aromatic rings. The van der Waals surface area contributed by atoms with Crippen LogP contribution in [0.5, 0.6) is 0 Å². The van der Waals surface area contributed by atoms with Gasteiger partial charge in [-0.05, 0) is 43.7 Å². The van der Waals surface area contributed by atoms with Crippen LogP contribution >= 0.6 is 0 Å². The van der Waals surface area contributed by atoms with Crippen molar-refractivity contribution in [3.05, 3.63) is 36.5 Å². The Kier molecular flexibility index (Phi) is 4.79. The lowest BCUT2D eigenvalue weighted by atomic mass is 9.93. The van der Waals surface area contributed by atoms with E-state index in [1.54, 1.807) is 0 Å². The zero-order valence-corrected chi connectivity index (χ0v) is 13.9. The van der Waals surface area contributed by atoms with E-state index in [1.165, 1.54) is 17.2 Å². The third-order valence-corrected chi connectivity index (χ3v) is 4.65. The van der Waals surface area contributed by atoms with E-state index in [0.29, 0.717) is 13.0 Å². The Morgan fingerprint density at radius 2 is 2.00 bits per heavy atom. The predicted molar refractivity (Wildman–Crippen MR) is 91.3 cm³/mol. The first-order valence-corrected chi connectivity index (χ1v) is 8.44. The molecule has 1 saturated heterocycles. The number of aromatic nitrogens is 1. The predicted octanol–water partition coefficient (Wildman–Crippen LogP) is 2.78. The van der Waals surface area contributed by atoms with E-state index in [2.05, 4.69) is 22.8 Å². The molecule has 0 bridgehead atoms. The maximum absolute atomic E-state index is 12.6. The van der Waals surface area contributed by atoms with Crippen molar-refractivity contribution in [3.63, 3.8) is 0 Å². The standard InChI is InChI=1S/C19H22N2O3/c1-14(22)13-18(23)21-10-4-6-16(19(21)24)9-12-20-11-8-15-5-2-3-7-17(15)20/h2-3,5,7-8,11,16H,4,6,9-10,12-13H2,1H3. The van der Waals surface area contributed by atoms with Gasteiger partial charge in [-0.3, -0.25) is 19.3 Å². The number of Topliss-reactive ketones (excluding diaryl/α,β-unsaturated/α-hetero) is 1. The van der Waals surface area contributed by atoms with Crippen molar-refractivity contribution < 1.29 is 14.4 Å². The average molecular weight is 326 g/mol. The molecule has 1 aliphatic rings. The Morgan fingerprint density at radius 1 is 1.21 bits per heavy atom. The van der Waals surface area contributed by atoms with Gasteiger partial charge in [0.05, 0.1) is 6.42 Å². The first-order chi connectivity index (χ1) is 11.6. The summed E-state index contributed by atoms with van der Waals surface area (Å²) in [5, 5.41) is 1.19. The van der Waals surface area contributed by atoms with Crippen LogP contribution in [0, 0.1) is 5.92 Å². The van der Waals surface area contributed by atoms with E-state index in [4.69, 9.17) is 0 Å². The minimum atomic E-state index is -0.358. The molecule has 0 saturated carbocycles. The Morgan fingerprint density at radius 3 is 2.79 bits per heavy atom. The summed E-state index contributed by atoms with van der Waals surface area (Å²) in [6, 6.07) is 10.2. The van der Waals surface area contributed by atoms with Crippen LogP contribution in [-0.4, -0.2) is 33.6 Å². The SMILES string of the molecule is CC(=O)CC(=O)N1CCCC(CCn2ccc3ccccc32)C1=O. The van der Waals surface area contributed by atoms with Crippen LogP contribution in [0.1, 0.15) is 32.6 Å². The third kappa shape index (κ3) is 3.40. The van der Waals surface area contributed by atoms with Crippen LogP contribution in [0.4, 0.5) is 0 Å². The van der Waals surface area contributed by atoms with Crippen molar-refractivity contribution >= 4 is 28.5 Å². The summed E-state index contributed by atoms with van der Waals surface area (Å²) in [5.41, 5.74) is 1.16. The zero-order valence-electron chi connectivity index (χ0n) is 13.9. The van der Waals surface area contributed by atoms with Crippen LogP contribution in [0.2, 0.25) is 0 Å². The molecule has 2 heterocycles. The minimum absolute atomic E-state index is 0.121. The Balaban J connectivity index is 1.65. The lowest BCUT2D eigenvalue weighted by Gasteiger charge is -2.30. The fourth-order valence-electron chi connectivity index (χ4n) is 3.40. The number of hydrogen-bond acceptors (Lipinski definition) is 3. The van der Waals surface area contributed by atoms with Gasteiger partial charge < -0.3 is 4.57 Å². The van der Waals surface area contributed by atoms with Crippen molar-refractivity contribution in [2.24, 2.45) is 5.92 Å². The molecule has 1 atom stereocenters. The molecule has 1 aromatic carbocycles. The van der Waals surface area contributed by atoms with Crippen molar-refractivity contribution in [1.29, 1.82) is 0 Å². The van der Waals surface area contributed by atoms with Crippen LogP contribution in [0.15, 0.2) is 36.5 Å². The number of carbonyl (C=O) groups is 3. The Labute approximate surface area is 141 Å². The smallest absolute Gasteiger partial charge is 0.236 e. The number of ketones is 1. The van der Waals surface area contributed by atoms with E-state index in [-0.39, 0.29) is 29.9 Å². The molecule has 24 heavy (non-hydrogen) atoms. The van der Waals surface area contributed by atoms with Gasteiger partial charge in [0.15, 0.2) is 0 Å². The van der Waals surface area contributed by atoms with Crippen LogP contribution in [-0.2, 0) is 20.9 Å². The summed E-state index contributed by atoms with van der Waals surface area (Å²) in [5.74, 6) is -0.822. The number of fused-ring (bicyclic) bond motifs is 1. The van der Waals surface area contributed by atoms with Gasteiger partial charge >= 0.3 is 0 Å². The molecule has 0 aliphatic carbocycles. The van der Waals surface area contributed by atoms with Crippen molar-refractivity contribution in [3.8, 4) is 0 Å². The normalized spacial score (nSPS) is 18.1. The van der Waals surface area contributed by atoms with E-state index >= 15 is 0 Å². The quantitative estimate of drug-likeness (QED) is 0.794. The molecule has 0 spiro atoms. The molecular formula is C19H22N2O3. The van der Waals surface area contributed by atoms with Gasteiger partial charge in [-0.1, -0.05) is 18.2 Å². The summed E-state index contributed by atoms with van der Waals surface area (Å²) < 4.78 is 2.15. The van der Waals surface area contributed by atoms with Gasteiger partial charge in [0.25, 0.3) is 0 Å². The highest BCUT2D eigenvalue weighted by Crippen LogP contribution is 2.24. The maximum Gasteiger partial charge on any atom is 0.236 e. The van der Waals surface area contributed by atoms with Gasteiger partial charge in [-0.15, -0.1) is 0 Å². The fourth-order valence-corrected chi connectivity index (χ4v) is 3.40. The second-order valence-electron chi connectivity index (χ2n) is 6.46. The number of aryl methyl sites for hydroxylation is 1. The molecule has 1 aliphatic heterocycles. The van der Waals surface area contributed by atoms with Gasteiger partial charge in [-0.25, -0.2) is 0 Å². The van der Waals surface area contributed by atoms with E-state index in [0.717, 1.165) is 24.9 Å². The molecule has 0 N–H and O–H groups in total. The summed E-state index contributed by atoms with van der Waals surface area (Å²) in [4.78, 5) is 37.0. The number of hydrogen-bond donors (Lipinski definition) is 0. The van der Waals surface area contributed by atoms with Gasteiger partial charge in [-0.2, -0.15) is 0 Å². The Bertz CT molecular complexity index is 778. The third-order valence-electron chi connectivity index (χ3n) is 4.65. The summed E-state index contributed by atoms with van der Waals surface area (Å²) in [6.45, 7) is 2.56. The molecule has 1 fully saturated rings. The van der Waals surface area contributed by atoms with E-state index < -0.39 is 0 Å². The highest BCUT2D eigenvalue weighted by Gasteiger charge is 2.32. The molecule has 2 amide bonds. The lowest BCUT2D eigenvalue weighted by molar-refractivity contribution is -0.150. The summed E-state index contributed by atoms with van der Waals surface area (Å²) in [6.07, 6.45) is 4.19. The number of likely N-dealkylation sites (tertiary alicyclic amines) is 1. The molecule has 5 heteroatoms. The maximum atomic E-state index is 12.6. The zero-order chi connectivity index (χ0) is 17.1. The topological polar surface area (TPSA) is 59.4 Å². The minimum Gasteiger partial charge on any atom is -0.347 e. The number of imide groups is 1. The van der Waals surface area contributed by atoms with Crippen LogP contribution < -0.4 is 0 Å². The second-order valence-corrected chi connectivity index (χ2v) is 6.46. The first-order valence-electron chi connectivity index (χ1n) is 8.44. The van der Waals surface area contributed by atoms with Crippen LogP contribution in [0.3, 0.4) is 0 Å². The van der Waals surface area contributed by atoms with E-state index in [9.17, 15) is 14.4 Å². The number of piperidine rings is 1. The van der Waals surface area contributed by atoms with Gasteiger partial charge in [0.2, 0.25) is 11.8 Å². The summed E-state index contributed by atoms with van der Waals surface area (Å²) in [7, 11) is 0. The average Bonchev–Trinajstić information content (AvgIpc) is 2.96. The monoisotopic (exact) mass is 326 g/mol. The van der Waals surface area contributed by atoms with Crippen molar-refractivity contribution in [1.82, 2.24) is 9.47 Å². The largest absolute Gasteiger partial charge is 0.347 e. The molecule has 5 nitrogen and oxygen atoms in total. The molecule has 0 radical (unpaired) electrons. The molecule has 3 rings (SSSR count). The number of para-hydroxylation sites is 1. The highest BCUT2D eigenvalue weighted by atomic mass is 16.2. The summed E-state index contributed by atoms with van der Waals surface area (Å²) >= 11 is 0. The highest BCUT2D eigenvalue weighted by molar-refractivity contribution is 6.04. The number of carbonyl (C=O) groups excluding carboxylic acids is 3. The molecular weight excluding hydrogens is 304 g/mol. The molecule has 1 unspecified atom stereocenters. The van der Waals surface area contributed by atoms with Crippen LogP contribution in [0.25, 0.3) is 10.9 Å². The fraction of sp³-hybridized carbons (Fsp3) is 0.421. The number of nitrogens with zero attached hydrogens (tertiary/aromatic N) is 2. The Hall–Kier alpha value is -2.43. The molecule has 126 valence electrons. The number of benzene rings is 1. The van der Waals surface area contributed by atoms with Gasteiger partial charge in [0.1, 0.15) is 5.78 Å². The van der Waals surface area contributed by atoms with Gasteiger partial charge in [0, 0.05) is 30.7 Å². The first kappa shape index (κ1) is 16.4. The number of amides is 2. The van der Waals surface area contributed by atoms with E-state index in [1.807, 2.05) is 18.3 Å². The second kappa shape index (κ2) is 6.99.